The highest BCUT2D eigenvalue weighted by Gasteiger charge is 2.27. The fourth-order valence-electron chi connectivity index (χ4n) is 2.83. The van der Waals surface area contributed by atoms with Gasteiger partial charge in [0.1, 0.15) is 11.5 Å². The largest absolute Gasteiger partial charge is 0.393 e. The molecule has 0 unspecified atom stereocenters. The van der Waals surface area contributed by atoms with Crippen molar-refractivity contribution in [3.05, 3.63) is 72.7 Å². The van der Waals surface area contributed by atoms with Gasteiger partial charge in [0.25, 0.3) is 0 Å². The monoisotopic (exact) mass is 381 g/mol. The van der Waals surface area contributed by atoms with E-state index in [4.69, 9.17) is 0 Å². The summed E-state index contributed by atoms with van der Waals surface area (Å²) in [5, 5.41) is 3.86. The van der Waals surface area contributed by atoms with Crippen LogP contribution in [0.15, 0.2) is 67.1 Å². The van der Waals surface area contributed by atoms with Crippen LogP contribution < -0.4 is 5.32 Å². The molecule has 0 saturated carbocycles. The number of halogens is 3. The van der Waals surface area contributed by atoms with E-state index in [1.54, 1.807) is 30.7 Å². The Morgan fingerprint density at radius 2 is 1.79 bits per heavy atom. The predicted molar refractivity (Wildman–Crippen MR) is 100 cm³/mol. The van der Waals surface area contributed by atoms with Crippen molar-refractivity contribution in [3.63, 3.8) is 0 Å². The first-order valence-electron chi connectivity index (χ1n) is 8.44. The first kappa shape index (κ1) is 17.8. The highest BCUT2D eigenvalue weighted by atomic mass is 19.4. The summed E-state index contributed by atoms with van der Waals surface area (Å²) in [5.74, 6) is 0.858. The number of nitrogens with one attached hydrogen (secondary N) is 1. The molecular weight excluding hydrogens is 367 g/mol. The average Bonchev–Trinajstić information content (AvgIpc) is 2.67. The molecule has 0 aliphatic carbocycles. The second-order valence-electron chi connectivity index (χ2n) is 6.12. The van der Waals surface area contributed by atoms with E-state index in [-0.39, 0.29) is 5.56 Å². The minimum absolute atomic E-state index is 0.171. The summed E-state index contributed by atoms with van der Waals surface area (Å²) in [6.07, 6.45) is -0.605. The van der Waals surface area contributed by atoms with Gasteiger partial charge in [-0.3, -0.25) is 4.98 Å². The van der Waals surface area contributed by atoms with E-state index in [1.807, 2.05) is 24.3 Å². The van der Waals surface area contributed by atoms with Gasteiger partial charge in [0.2, 0.25) is 0 Å². The third kappa shape index (κ3) is 4.06. The van der Waals surface area contributed by atoms with E-state index >= 15 is 0 Å². The van der Waals surface area contributed by atoms with E-state index < -0.39 is 12.6 Å². The van der Waals surface area contributed by atoms with Gasteiger partial charge in [-0.15, -0.1) is 0 Å². The number of anilines is 2. The lowest BCUT2D eigenvalue weighted by molar-refractivity contribution is -0.127. The van der Waals surface area contributed by atoms with Crippen LogP contribution in [0.3, 0.4) is 0 Å². The molecule has 0 spiro atoms. The van der Waals surface area contributed by atoms with Gasteiger partial charge in [-0.1, -0.05) is 24.3 Å². The van der Waals surface area contributed by atoms with Crippen LogP contribution in [0, 0.1) is 0 Å². The Balaban J connectivity index is 1.75. The Morgan fingerprint density at radius 1 is 0.929 bits per heavy atom. The summed E-state index contributed by atoms with van der Waals surface area (Å²) in [4.78, 5) is 17.3. The van der Waals surface area contributed by atoms with E-state index in [0.29, 0.717) is 28.5 Å². The lowest BCUT2D eigenvalue weighted by Gasteiger charge is -2.12. The van der Waals surface area contributed by atoms with Crippen LogP contribution in [-0.2, 0) is 6.42 Å². The molecule has 0 amide bonds. The first-order valence-corrected chi connectivity index (χ1v) is 8.44. The van der Waals surface area contributed by atoms with E-state index in [2.05, 4.69) is 25.3 Å². The van der Waals surface area contributed by atoms with Crippen molar-refractivity contribution in [2.75, 3.05) is 5.32 Å². The van der Waals surface area contributed by atoms with Crippen LogP contribution in [0.1, 0.15) is 5.56 Å². The molecule has 8 heteroatoms. The van der Waals surface area contributed by atoms with Crippen LogP contribution in [-0.4, -0.2) is 26.1 Å². The Morgan fingerprint density at radius 3 is 2.57 bits per heavy atom. The van der Waals surface area contributed by atoms with Crippen molar-refractivity contribution in [1.82, 2.24) is 19.9 Å². The second-order valence-corrected chi connectivity index (χ2v) is 6.12. The molecule has 2 aromatic carbocycles. The summed E-state index contributed by atoms with van der Waals surface area (Å²) in [6.45, 7) is 0. The number of alkyl halides is 3. The minimum Gasteiger partial charge on any atom is -0.340 e. The van der Waals surface area contributed by atoms with Crippen molar-refractivity contribution in [2.45, 2.75) is 12.6 Å². The first-order chi connectivity index (χ1) is 13.5. The zero-order chi connectivity index (χ0) is 19.6. The molecule has 0 fully saturated rings. The molecule has 0 atom stereocenters. The SMILES string of the molecule is FC(F)(F)Cc1cccc(Nc2nc(-c3cnccn3)nc3ccccc23)c1. The summed E-state index contributed by atoms with van der Waals surface area (Å²) in [7, 11) is 0. The number of hydrogen-bond acceptors (Lipinski definition) is 5. The molecule has 2 aromatic heterocycles. The molecule has 5 nitrogen and oxygen atoms in total. The number of benzene rings is 2. The van der Waals surface area contributed by atoms with Gasteiger partial charge in [-0.05, 0) is 29.8 Å². The molecule has 0 aliphatic rings. The number of hydrogen-bond donors (Lipinski definition) is 1. The highest BCUT2D eigenvalue weighted by Crippen LogP contribution is 2.28. The lowest BCUT2D eigenvalue weighted by Crippen LogP contribution is -2.11. The molecule has 0 radical (unpaired) electrons. The van der Waals surface area contributed by atoms with Crippen LogP contribution in [0.25, 0.3) is 22.4 Å². The van der Waals surface area contributed by atoms with Crippen LogP contribution in [0.2, 0.25) is 0 Å². The summed E-state index contributed by atoms with van der Waals surface area (Å²) >= 11 is 0. The fraction of sp³-hybridized carbons (Fsp3) is 0.100. The molecule has 140 valence electrons. The maximum atomic E-state index is 12.7. The van der Waals surface area contributed by atoms with Crippen molar-refractivity contribution < 1.29 is 13.2 Å². The number of aromatic nitrogens is 4. The van der Waals surface area contributed by atoms with Crippen molar-refractivity contribution in [1.29, 1.82) is 0 Å². The summed E-state index contributed by atoms with van der Waals surface area (Å²) < 4.78 is 38.1. The third-order valence-electron chi connectivity index (χ3n) is 3.99. The third-order valence-corrected chi connectivity index (χ3v) is 3.99. The van der Waals surface area contributed by atoms with E-state index in [1.165, 1.54) is 12.1 Å². The molecule has 4 aromatic rings. The van der Waals surface area contributed by atoms with Crippen LogP contribution in [0.4, 0.5) is 24.7 Å². The van der Waals surface area contributed by atoms with E-state index in [0.717, 1.165) is 5.39 Å². The van der Waals surface area contributed by atoms with Gasteiger partial charge in [0.05, 0.1) is 18.1 Å². The zero-order valence-electron chi connectivity index (χ0n) is 14.5. The molecule has 4 rings (SSSR count). The Hall–Kier alpha value is -3.55. The van der Waals surface area contributed by atoms with Crippen LogP contribution in [0.5, 0.6) is 0 Å². The average molecular weight is 381 g/mol. The smallest absolute Gasteiger partial charge is 0.340 e. The molecular formula is C20H14F3N5. The number of para-hydroxylation sites is 1. The maximum Gasteiger partial charge on any atom is 0.393 e. The molecule has 28 heavy (non-hydrogen) atoms. The Kier molecular flexibility index (Phi) is 4.60. The Labute approximate surface area is 158 Å². The normalized spacial score (nSPS) is 11.5. The van der Waals surface area contributed by atoms with Gasteiger partial charge in [-0.25, -0.2) is 15.0 Å². The number of fused-ring (bicyclic) bond motifs is 1. The fourth-order valence-corrected chi connectivity index (χ4v) is 2.83. The van der Waals surface area contributed by atoms with Crippen molar-refractivity contribution >= 4 is 22.4 Å². The molecule has 0 saturated heterocycles. The van der Waals surface area contributed by atoms with Gasteiger partial charge in [-0.2, -0.15) is 13.2 Å². The standard InChI is InChI=1S/C20H14F3N5/c21-20(22,23)11-13-4-3-5-14(10-13)26-18-15-6-1-2-7-16(15)27-19(28-18)17-12-24-8-9-25-17/h1-10,12H,11H2,(H,26,27,28). The highest BCUT2D eigenvalue weighted by molar-refractivity contribution is 5.92. The predicted octanol–water partition coefficient (Wildman–Crippen LogP) is 4.94. The maximum absolute atomic E-state index is 12.7. The zero-order valence-corrected chi connectivity index (χ0v) is 14.5. The summed E-state index contributed by atoms with van der Waals surface area (Å²) in [5.41, 5.74) is 1.87. The van der Waals surface area contributed by atoms with Gasteiger partial charge < -0.3 is 5.32 Å². The molecule has 1 N–H and O–H groups in total. The van der Waals surface area contributed by atoms with Crippen molar-refractivity contribution in [3.8, 4) is 11.5 Å². The number of nitrogens with zero attached hydrogens (tertiary/aromatic N) is 4. The second kappa shape index (κ2) is 7.22. The molecule has 2 heterocycles. The van der Waals surface area contributed by atoms with Crippen molar-refractivity contribution in [2.24, 2.45) is 0 Å². The Bertz CT molecular complexity index is 1110. The quantitative estimate of drug-likeness (QED) is 0.543. The minimum atomic E-state index is -4.26. The topological polar surface area (TPSA) is 63.6 Å². The van der Waals surface area contributed by atoms with Gasteiger partial charge in [0, 0.05) is 23.5 Å². The molecule has 0 aliphatic heterocycles. The van der Waals surface area contributed by atoms with Gasteiger partial charge in [0.15, 0.2) is 5.82 Å². The molecule has 0 bridgehead atoms. The van der Waals surface area contributed by atoms with Crippen LogP contribution >= 0.6 is 0 Å². The number of rotatable bonds is 4. The van der Waals surface area contributed by atoms with E-state index in [9.17, 15) is 13.2 Å². The lowest BCUT2D eigenvalue weighted by atomic mass is 10.1. The summed E-state index contributed by atoms with van der Waals surface area (Å²) in [6, 6.07) is 13.6. The van der Waals surface area contributed by atoms with Gasteiger partial charge >= 0.3 is 6.18 Å².